The molecule has 166 valence electrons. The minimum atomic E-state index is -0.747. The lowest BCUT2D eigenvalue weighted by Gasteiger charge is -2.41. The van der Waals surface area contributed by atoms with Crippen molar-refractivity contribution in [3.8, 4) is 0 Å². The highest BCUT2D eigenvalue weighted by Gasteiger charge is 2.35. The Hall–Kier alpha value is -1.26. The van der Waals surface area contributed by atoms with Gasteiger partial charge in [-0.1, -0.05) is 25.1 Å². The summed E-state index contributed by atoms with van der Waals surface area (Å²) in [4.78, 5) is 0. The summed E-state index contributed by atoms with van der Waals surface area (Å²) in [7, 11) is 0. The van der Waals surface area contributed by atoms with E-state index in [0.29, 0.717) is 17.8 Å². The molecule has 1 saturated heterocycles. The van der Waals surface area contributed by atoms with E-state index in [1.807, 2.05) is 0 Å². The van der Waals surface area contributed by atoms with Crippen LogP contribution < -0.4 is 0 Å². The average molecular weight is 419 g/mol. The number of halogens is 2. The summed E-state index contributed by atoms with van der Waals surface area (Å²) in [6.07, 6.45) is 15.0. The summed E-state index contributed by atoms with van der Waals surface area (Å²) < 4.78 is 38.9. The van der Waals surface area contributed by atoms with E-state index in [2.05, 4.69) is 19.1 Å². The Morgan fingerprint density at radius 1 is 0.833 bits per heavy atom. The first-order valence-electron chi connectivity index (χ1n) is 12.0. The van der Waals surface area contributed by atoms with Gasteiger partial charge in [-0.25, -0.2) is 8.78 Å². The van der Waals surface area contributed by atoms with E-state index in [-0.39, 0.29) is 6.29 Å². The first-order valence-corrected chi connectivity index (χ1v) is 12.0. The Morgan fingerprint density at radius 2 is 1.43 bits per heavy atom. The number of rotatable bonds is 5. The molecule has 2 saturated carbocycles. The summed E-state index contributed by atoms with van der Waals surface area (Å²) >= 11 is 0. The molecule has 3 aliphatic rings. The molecule has 2 aliphatic carbocycles. The second-order valence-corrected chi connectivity index (χ2v) is 9.59. The van der Waals surface area contributed by atoms with Crippen molar-refractivity contribution in [1.82, 2.24) is 0 Å². The molecule has 0 amide bonds. The predicted octanol–water partition coefficient (Wildman–Crippen LogP) is 7.00. The quantitative estimate of drug-likeness (QED) is 0.479. The van der Waals surface area contributed by atoms with Gasteiger partial charge in [0, 0.05) is 11.8 Å². The fourth-order valence-corrected chi connectivity index (χ4v) is 5.82. The first kappa shape index (κ1) is 22.0. The molecule has 0 N–H and O–H groups in total. The van der Waals surface area contributed by atoms with Crippen molar-refractivity contribution in [3.05, 3.63) is 47.5 Å². The van der Waals surface area contributed by atoms with E-state index in [1.165, 1.54) is 50.7 Å². The van der Waals surface area contributed by atoms with E-state index >= 15 is 0 Å². The maximum absolute atomic E-state index is 13.6. The third-order valence-electron chi connectivity index (χ3n) is 7.65. The normalized spacial score (nSPS) is 35.6. The molecule has 3 fully saturated rings. The zero-order chi connectivity index (χ0) is 20.9. The molecule has 0 unspecified atom stereocenters. The lowest BCUT2D eigenvalue weighted by atomic mass is 9.68. The van der Waals surface area contributed by atoms with Crippen LogP contribution in [0.2, 0.25) is 0 Å². The third kappa shape index (κ3) is 5.31. The van der Waals surface area contributed by atoms with E-state index in [0.717, 1.165) is 49.9 Å². The van der Waals surface area contributed by atoms with Gasteiger partial charge in [0.15, 0.2) is 17.9 Å². The van der Waals surface area contributed by atoms with Crippen LogP contribution in [0.1, 0.15) is 76.2 Å². The van der Waals surface area contributed by atoms with Crippen LogP contribution in [0.15, 0.2) is 30.4 Å². The fourth-order valence-electron chi connectivity index (χ4n) is 5.82. The molecule has 30 heavy (non-hydrogen) atoms. The van der Waals surface area contributed by atoms with Gasteiger partial charge in [-0.15, -0.1) is 0 Å². The third-order valence-corrected chi connectivity index (χ3v) is 7.65. The maximum Gasteiger partial charge on any atom is 0.160 e. The average Bonchev–Trinajstić information content (AvgIpc) is 2.80. The second-order valence-electron chi connectivity index (χ2n) is 9.59. The highest BCUT2D eigenvalue weighted by atomic mass is 19.2. The molecule has 4 heteroatoms. The second kappa shape index (κ2) is 10.4. The van der Waals surface area contributed by atoms with Gasteiger partial charge in [0.1, 0.15) is 0 Å². The van der Waals surface area contributed by atoms with Crippen LogP contribution in [0.3, 0.4) is 0 Å². The van der Waals surface area contributed by atoms with Gasteiger partial charge in [-0.2, -0.15) is 0 Å². The Labute approximate surface area is 180 Å². The molecule has 0 atom stereocenters. The summed E-state index contributed by atoms with van der Waals surface area (Å²) in [5.74, 6) is 1.45. The molecule has 0 bridgehead atoms. The van der Waals surface area contributed by atoms with Crippen molar-refractivity contribution in [3.63, 3.8) is 0 Å². The van der Waals surface area contributed by atoms with Crippen LogP contribution in [-0.4, -0.2) is 19.5 Å². The molecular weight excluding hydrogens is 382 g/mol. The smallest absolute Gasteiger partial charge is 0.160 e. The van der Waals surface area contributed by atoms with Crippen molar-refractivity contribution in [2.45, 2.75) is 76.9 Å². The predicted molar refractivity (Wildman–Crippen MR) is 115 cm³/mol. The molecule has 0 spiro atoms. The van der Waals surface area contributed by atoms with Crippen LogP contribution in [0.25, 0.3) is 0 Å². The minimum absolute atomic E-state index is 0.0127. The molecule has 1 aromatic carbocycles. The summed E-state index contributed by atoms with van der Waals surface area (Å²) in [5.41, 5.74) is 0.967. The number of benzene rings is 1. The molecule has 2 nitrogen and oxygen atoms in total. The van der Waals surface area contributed by atoms with E-state index < -0.39 is 11.6 Å². The van der Waals surface area contributed by atoms with Crippen molar-refractivity contribution < 1.29 is 18.3 Å². The Balaban J connectivity index is 1.20. The summed E-state index contributed by atoms with van der Waals surface area (Å²) in [5, 5.41) is 0. The zero-order valence-electron chi connectivity index (χ0n) is 18.2. The number of hydrogen-bond donors (Lipinski definition) is 0. The Kier molecular flexibility index (Phi) is 7.59. The minimum Gasteiger partial charge on any atom is -0.352 e. The van der Waals surface area contributed by atoms with E-state index in [9.17, 15) is 8.78 Å². The van der Waals surface area contributed by atoms with Crippen molar-refractivity contribution >= 4 is 0 Å². The number of allylic oxidation sites excluding steroid dienone is 1. The van der Waals surface area contributed by atoms with Gasteiger partial charge in [0.25, 0.3) is 0 Å². The molecule has 1 heterocycles. The molecule has 0 aromatic heterocycles. The van der Waals surface area contributed by atoms with Gasteiger partial charge in [0.05, 0.1) is 13.2 Å². The molecule has 1 aliphatic heterocycles. The van der Waals surface area contributed by atoms with E-state index in [4.69, 9.17) is 9.47 Å². The Bertz CT molecular complexity index is 695. The Morgan fingerprint density at radius 3 is 2.03 bits per heavy atom. The number of hydrogen-bond acceptors (Lipinski definition) is 2. The highest BCUT2D eigenvalue weighted by Crippen LogP contribution is 2.45. The monoisotopic (exact) mass is 418 g/mol. The lowest BCUT2D eigenvalue weighted by molar-refractivity contribution is -0.223. The maximum atomic E-state index is 13.6. The SMILES string of the molecule is CCC=CC1COC(C2CCC(C3CCC(c4ccc(F)c(F)c4)CC3)CC2)OC1. The zero-order valence-corrected chi connectivity index (χ0v) is 18.2. The van der Waals surface area contributed by atoms with Gasteiger partial charge in [-0.3, -0.25) is 0 Å². The molecule has 1 aromatic rings. The molecule has 0 radical (unpaired) electrons. The summed E-state index contributed by atoms with van der Waals surface area (Å²) in [6.45, 7) is 3.72. The fraction of sp³-hybridized carbons (Fsp3) is 0.692. The summed E-state index contributed by atoms with van der Waals surface area (Å²) in [6, 6.07) is 4.44. The van der Waals surface area contributed by atoms with Crippen LogP contribution in [-0.2, 0) is 9.47 Å². The van der Waals surface area contributed by atoms with Crippen LogP contribution >= 0.6 is 0 Å². The topological polar surface area (TPSA) is 18.5 Å². The van der Waals surface area contributed by atoms with Crippen molar-refractivity contribution in [2.75, 3.05) is 13.2 Å². The van der Waals surface area contributed by atoms with Crippen LogP contribution in [0, 0.1) is 35.3 Å². The largest absolute Gasteiger partial charge is 0.352 e. The van der Waals surface area contributed by atoms with Crippen molar-refractivity contribution in [1.29, 1.82) is 0 Å². The first-order chi connectivity index (χ1) is 14.6. The van der Waals surface area contributed by atoms with Crippen molar-refractivity contribution in [2.24, 2.45) is 23.7 Å². The van der Waals surface area contributed by atoms with Crippen LogP contribution in [0.5, 0.6) is 0 Å². The van der Waals surface area contributed by atoms with E-state index in [1.54, 1.807) is 6.07 Å². The highest BCUT2D eigenvalue weighted by molar-refractivity contribution is 5.22. The van der Waals surface area contributed by atoms with Gasteiger partial charge in [-0.05, 0) is 93.2 Å². The van der Waals surface area contributed by atoms with Gasteiger partial charge >= 0.3 is 0 Å². The van der Waals surface area contributed by atoms with Crippen LogP contribution in [0.4, 0.5) is 8.78 Å². The standard InChI is InChI=1S/C26H36F2O2/c1-2-3-4-18-16-29-26(30-17-18)22-11-9-20(10-12-22)19-5-7-21(8-6-19)23-13-14-24(27)25(28)15-23/h3-4,13-15,18-22,26H,2,5-12,16-17H2,1H3. The molecule has 4 rings (SSSR count). The lowest BCUT2D eigenvalue weighted by Crippen LogP contribution is -2.38. The number of ether oxygens (including phenoxy) is 2. The van der Waals surface area contributed by atoms with Gasteiger partial charge in [0.2, 0.25) is 0 Å². The van der Waals surface area contributed by atoms with Gasteiger partial charge < -0.3 is 9.47 Å². The molecular formula is C26H36F2O2.